The van der Waals surface area contributed by atoms with E-state index in [2.05, 4.69) is 0 Å². The van der Waals surface area contributed by atoms with Crippen LogP contribution in [0.2, 0.25) is 0 Å². The zero-order valence-electron chi connectivity index (χ0n) is 6.28. The van der Waals surface area contributed by atoms with Gasteiger partial charge in [-0.15, -0.1) is 23.2 Å². The van der Waals surface area contributed by atoms with Gasteiger partial charge in [0.2, 0.25) is 0 Å². The Labute approximate surface area is 80.2 Å². The summed E-state index contributed by atoms with van der Waals surface area (Å²) in [7, 11) is 0. The first-order chi connectivity index (χ1) is 5.56. The van der Waals surface area contributed by atoms with Crippen LogP contribution < -0.4 is 0 Å². The standard InChI is InChI=1S/2C2H5ClO.CH2O3/c2*3-1-2-4;2-1(3)4/h2*4H,1-2H2;(H2,2,3,4). The van der Waals surface area contributed by atoms with Crippen molar-refractivity contribution in [3.8, 4) is 0 Å². The SMILES string of the molecule is O=C(O)O.OCCCl.OCCCl. The molecule has 0 aliphatic rings. The van der Waals surface area contributed by atoms with E-state index in [0.29, 0.717) is 11.8 Å². The van der Waals surface area contributed by atoms with Gasteiger partial charge in [-0.05, 0) is 0 Å². The van der Waals surface area contributed by atoms with Crippen molar-refractivity contribution < 1.29 is 25.2 Å². The minimum Gasteiger partial charge on any atom is -0.450 e. The summed E-state index contributed by atoms with van der Waals surface area (Å²) in [5.74, 6) is 0.694. The number of aliphatic hydroxyl groups excluding tert-OH is 2. The van der Waals surface area contributed by atoms with E-state index in [0.717, 1.165) is 0 Å². The van der Waals surface area contributed by atoms with E-state index in [4.69, 9.17) is 48.4 Å². The molecule has 4 N–H and O–H groups in total. The lowest BCUT2D eigenvalue weighted by Gasteiger charge is -1.67. The summed E-state index contributed by atoms with van der Waals surface area (Å²) in [6.07, 6.45) is -1.83. The van der Waals surface area contributed by atoms with Crippen molar-refractivity contribution in [2.45, 2.75) is 0 Å². The molecule has 0 aliphatic carbocycles. The third kappa shape index (κ3) is 240. The van der Waals surface area contributed by atoms with Gasteiger partial charge in [-0.1, -0.05) is 0 Å². The zero-order valence-corrected chi connectivity index (χ0v) is 7.79. The number of rotatable bonds is 2. The highest BCUT2D eigenvalue weighted by atomic mass is 35.5. The summed E-state index contributed by atoms with van der Waals surface area (Å²) in [6, 6.07) is 0. The zero-order chi connectivity index (χ0) is 10.4. The molecule has 0 amide bonds. The molecule has 0 spiro atoms. The predicted molar refractivity (Wildman–Crippen MR) is 46.3 cm³/mol. The molecule has 0 saturated carbocycles. The second-order valence-corrected chi connectivity index (χ2v) is 1.86. The van der Waals surface area contributed by atoms with E-state index >= 15 is 0 Å². The highest BCUT2D eigenvalue weighted by Crippen LogP contribution is 1.63. The van der Waals surface area contributed by atoms with Gasteiger partial charge in [0.15, 0.2) is 0 Å². The van der Waals surface area contributed by atoms with Crippen LogP contribution in [0.15, 0.2) is 0 Å². The van der Waals surface area contributed by atoms with Crippen molar-refractivity contribution in [2.75, 3.05) is 25.0 Å². The van der Waals surface area contributed by atoms with Crippen LogP contribution in [0.25, 0.3) is 0 Å². The van der Waals surface area contributed by atoms with Crippen molar-refractivity contribution in [3.05, 3.63) is 0 Å². The van der Waals surface area contributed by atoms with Crippen LogP contribution in [0.1, 0.15) is 0 Å². The molecule has 0 aliphatic heterocycles. The first-order valence-electron chi connectivity index (χ1n) is 2.82. The van der Waals surface area contributed by atoms with Crippen LogP contribution in [-0.2, 0) is 0 Å². The largest absolute Gasteiger partial charge is 0.503 e. The number of alkyl halides is 2. The van der Waals surface area contributed by atoms with E-state index in [9.17, 15) is 0 Å². The summed E-state index contributed by atoms with van der Waals surface area (Å²) in [4.78, 5) is 8.56. The van der Waals surface area contributed by atoms with Gasteiger partial charge in [0, 0.05) is 11.8 Å². The minimum absolute atomic E-state index is 0.0849. The Morgan fingerprint density at radius 2 is 1.08 bits per heavy atom. The van der Waals surface area contributed by atoms with E-state index in [1.807, 2.05) is 0 Å². The predicted octanol–water partition coefficient (Wildman–Crippen LogP) is 0.657. The molecule has 0 rings (SSSR count). The Hall–Kier alpha value is -0.230. The molecule has 12 heavy (non-hydrogen) atoms. The Balaban J connectivity index is -0.000000101. The quantitative estimate of drug-likeness (QED) is 0.515. The second kappa shape index (κ2) is 22.4. The number of halogens is 2. The maximum Gasteiger partial charge on any atom is 0.503 e. The van der Waals surface area contributed by atoms with Gasteiger partial charge >= 0.3 is 6.16 Å². The van der Waals surface area contributed by atoms with Gasteiger partial charge in [-0.2, -0.15) is 0 Å². The second-order valence-electron chi connectivity index (χ2n) is 1.11. The number of aliphatic hydroxyl groups is 2. The molecule has 0 heterocycles. The number of hydrogen-bond acceptors (Lipinski definition) is 3. The summed E-state index contributed by atoms with van der Waals surface area (Å²) >= 11 is 9.87. The minimum atomic E-state index is -1.83. The van der Waals surface area contributed by atoms with Crippen LogP contribution in [0.5, 0.6) is 0 Å². The fourth-order valence-electron chi connectivity index (χ4n) is 0. The topological polar surface area (TPSA) is 98.0 Å². The smallest absolute Gasteiger partial charge is 0.450 e. The van der Waals surface area contributed by atoms with Crippen LogP contribution in [0.4, 0.5) is 4.79 Å². The third-order valence-corrected chi connectivity index (χ3v) is 0.507. The third-order valence-electron chi connectivity index (χ3n) is 0.169. The molecule has 0 radical (unpaired) electrons. The molecule has 7 heteroatoms. The van der Waals surface area contributed by atoms with Crippen LogP contribution in [0.3, 0.4) is 0 Å². The van der Waals surface area contributed by atoms with Crippen LogP contribution in [-0.4, -0.2) is 51.6 Å². The molecule has 0 aromatic rings. The lowest BCUT2D eigenvalue weighted by molar-refractivity contribution is 0.137. The molecule has 0 aromatic carbocycles. The van der Waals surface area contributed by atoms with Crippen molar-refractivity contribution >= 4 is 29.4 Å². The molecular formula is C5H12Cl2O5. The molecule has 0 aromatic heterocycles. The first-order valence-corrected chi connectivity index (χ1v) is 3.89. The fraction of sp³-hybridized carbons (Fsp3) is 0.800. The molecule has 0 bridgehead atoms. The molecule has 0 saturated heterocycles. The van der Waals surface area contributed by atoms with E-state index in [-0.39, 0.29) is 13.2 Å². The Bertz CT molecular complexity index is 68.2. The van der Waals surface area contributed by atoms with Crippen molar-refractivity contribution in [3.63, 3.8) is 0 Å². The van der Waals surface area contributed by atoms with Gasteiger partial charge in [0.1, 0.15) is 0 Å². The van der Waals surface area contributed by atoms with Gasteiger partial charge in [0.05, 0.1) is 13.2 Å². The molecule has 0 unspecified atom stereocenters. The van der Waals surface area contributed by atoms with Gasteiger partial charge in [0.25, 0.3) is 0 Å². The monoisotopic (exact) mass is 222 g/mol. The average Bonchev–Trinajstić information content (AvgIpc) is 2.03. The summed E-state index contributed by atoms with van der Waals surface area (Å²) in [6.45, 7) is 0.170. The number of carboxylic acid groups (broad SMARTS) is 2. The van der Waals surface area contributed by atoms with Crippen molar-refractivity contribution in [2.24, 2.45) is 0 Å². The molecule has 76 valence electrons. The average molecular weight is 223 g/mol. The highest BCUT2D eigenvalue weighted by molar-refractivity contribution is 6.18. The first kappa shape index (κ1) is 17.8. The molecule has 0 fully saturated rings. The summed E-state index contributed by atoms with van der Waals surface area (Å²) < 4.78 is 0. The Kier molecular flexibility index (Phi) is 33.2. The summed E-state index contributed by atoms with van der Waals surface area (Å²) in [5.41, 5.74) is 0. The lowest BCUT2D eigenvalue weighted by atomic mass is 10.9. The van der Waals surface area contributed by atoms with E-state index in [1.165, 1.54) is 0 Å². The molecule has 0 atom stereocenters. The number of hydrogen-bond donors (Lipinski definition) is 4. The highest BCUT2D eigenvalue weighted by Gasteiger charge is 1.70. The Morgan fingerprint density at radius 3 is 1.08 bits per heavy atom. The van der Waals surface area contributed by atoms with Gasteiger partial charge in [-0.25, -0.2) is 4.79 Å². The van der Waals surface area contributed by atoms with Crippen LogP contribution >= 0.6 is 23.2 Å². The lowest BCUT2D eigenvalue weighted by Crippen LogP contribution is -1.81. The maximum absolute atomic E-state index is 8.56. The van der Waals surface area contributed by atoms with Crippen molar-refractivity contribution in [1.29, 1.82) is 0 Å². The fourth-order valence-corrected chi connectivity index (χ4v) is 0. The van der Waals surface area contributed by atoms with Crippen LogP contribution in [0, 0.1) is 0 Å². The normalized spacial score (nSPS) is 7.00. The van der Waals surface area contributed by atoms with E-state index < -0.39 is 6.16 Å². The maximum atomic E-state index is 8.56. The summed E-state index contributed by atoms with van der Waals surface area (Å²) in [5, 5.41) is 29.4. The number of carbonyl (C=O) groups is 1. The van der Waals surface area contributed by atoms with Gasteiger partial charge < -0.3 is 20.4 Å². The van der Waals surface area contributed by atoms with Crippen molar-refractivity contribution in [1.82, 2.24) is 0 Å². The Morgan fingerprint density at radius 1 is 1.00 bits per heavy atom. The molecular weight excluding hydrogens is 211 g/mol. The van der Waals surface area contributed by atoms with Gasteiger partial charge in [-0.3, -0.25) is 0 Å². The van der Waals surface area contributed by atoms with E-state index in [1.54, 1.807) is 0 Å². The molecule has 5 nitrogen and oxygen atoms in total.